The van der Waals surface area contributed by atoms with Crippen molar-refractivity contribution in [2.75, 3.05) is 0 Å². The van der Waals surface area contributed by atoms with Crippen LogP contribution >= 0.6 is 0 Å². The number of hydrogen-bond acceptors (Lipinski definition) is 0. The first-order valence-electron chi connectivity index (χ1n) is 4.90. The van der Waals surface area contributed by atoms with Crippen LogP contribution in [0.1, 0.15) is 23.5 Å². The standard InChI is InChI=1S/C14H14/c1-3-6-12-10-9-11(2)13-7-4-5-8-14(12)13/h3-5,7-10,12H,1-2,6H2. The van der Waals surface area contributed by atoms with E-state index in [1.807, 2.05) is 6.08 Å². The average molecular weight is 182 g/mol. The first-order chi connectivity index (χ1) is 6.83. The van der Waals surface area contributed by atoms with Crippen molar-refractivity contribution >= 4 is 5.57 Å². The molecule has 0 saturated carbocycles. The maximum absolute atomic E-state index is 4.04. The van der Waals surface area contributed by atoms with Crippen molar-refractivity contribution in [3.63, 3.8) is 0 Å². The van der Waals surface area contributed by atoms with Crippen LogP contribution in [0, 0.1) is 0 Å². The van der Waals surface area contributed by atoms with Gasteiger partial charge in [0.25, 0.3) is 0 Å². The van der Waals surface area contributed by atoms with Crippen LogP contribution in [0.3, 0.4) is 0 Å². The average Bonchev–Trinajstić information content (AvgIpc) is 2.23. The predicted molar refractivity (Wildman–Crippen MR) is 62.2 cm³/mol. The fraction of sp³-hybridized carbons (Fsp3) is 0.143. The Labute approximate surface area is 85.3 Å². The van der Waals surface area contributed by atoms with Crippen molar-refractivity contribution in [1.82, 2.24) is 0 Å². The summed E-state index contributed by atoms with van der Waals surface area (Å²) >= 11 is 0. The largest absolute Gasteiger partial charge is 0.103 e. The van der Waals surface area contributed by atoms with Crippen LogP contribution < -0.4 is 0 Å². The molecule has 70 valence electrons. The van der Waals surface area contributed by atoms with Gasteiger partial charge in [-0.2, -0.15) is 0 Å². The Morgan fingerprint density at radius 1 is 1.29 bits per heavy atom. The van der Waals surface area contributed by atoms with Crippen molar-refractivity contribution in [2.45, 2.75) is 12.3 Å². The van der Waals surface area contributed by atoms with Crippen molar-refractivity contribution in [2.24, 2.45) is 0 Å². The first kappa shape index (κ1) is 9.01. The Bertz CT molecular complexity index is 396. The van der Waals surface area contributed by atoms with Crippen LogP contribution in [0.2, 0.25) is 0 Å². The van der Waals surface area contributed by atoms with Crippen molar-refractivity contribution in [1.29, 1.82) is 0 Å². The van der Waals surface area contributed by atoms with Gasteiger partial charge in [-0.3, -0.25) is 0 Å². The van der Waals surface area contributed by atoms with E-state index in [0.717, 1.165) is 12.0 Å². The molecule has 1 aromatic carbocycles. The Morgan fingerprint density at radius 3 is 2.86 bits per heavy atom. The van der Waals surface area contributed by atoms with Crippen molar-refractivity contribution < 1.29 is 0 Å². The molecule has 1 aromatic rings. The van der Waals surface area contributed by atoms with Gasteiger partial charge in [-0.25, -0.2) is 0 Å². The van der Waals surface area contributed by atoms with Gasteiger partial charge in [0.1, 0.15) is 0 Å². The summed E-state index contributed by atoms with van der Waals surface area (Å²) in [6, 6.07) is 8.46. The molecule has 0 N–H and O–H groups in total. The summed E-state index contributed by atoms with van der Waals surface area (Å²) in [5, 5.41) is 0. The Kier molecular flexibility index (Phi) is 2.36. The minimum Gasteiger partial charge on any atom is -0.103 e. The number of rotatable bonds is 2. The second-order valence-electron chi connectivity index (χ2n) is 3.60. The molecule has 2 rings (SSSR count). The van der Waals surface area contributed by atoms with Gasteiger partial charge >= 0.3 is 0 Å². The normalized spacial score (nSPS) is 19.1. The molecule has 0 heteroatoms. The molecule has 0 heterocycles. The molecule has 0 amide bonds. The van der Waals surface area contributed by atoms with Crippen LogP contribution in [0.15, 0.2) is 55.7 Å². The minimum atomic E-state index is 0.481. The van der Waals surface area contributed by atoms with Crippen molar-refractivity contribution in [3.8, 4) is 0 Å². The fourth-order valence-electron chi connectivity index (χ4n) is 1.92. The topological polar surface area (TPSA) is 0 Å². The van der Waals surface area contributed by atoms with Gasteiger partial charge in [0, 0.05) is 5.92 Å². The second-order valence-corrected chi connectivity index (χ2v) is 3.60. The molecule has 1 unspecified atom stereocenters. The van der Waals surface area contributed by atoms with E-state index in [4.69, 9.17) is 0 Å². The molecule has 0 fully saturated rings. The lowest BCUT2D eigenvalue weighted by Gasteiger charge is -2.20. The Balaban J connectivity index is 2.46. The van der Waals surface area contributed by atoms with E-state index in [1.54, 1.807) is 0 Å². The van der Waals surface area contributed by atoms with E-state index in [1.165, 1.54) is 11.1 Å². The molecule has 1 aliphatic carbocycles. The highest BCUT2D eigenvalue weighted by molar-refractivity contribution is 5.77. The van der Waals surface area contributed by atoms with Gasteiger partial charge in [0.05, 0.1) is 0 Å². The number of hydrogen-bond donors (Lipinski definition) is 0. The third-order valence-corrected chi connectivity index (χ3v) is 2.66. The van der Waals surface area contributed by atoms with Gasteiger partial charge < -0.3 is 0 Å². The lowest BCUT2D eigenvalue weighted by molar-refractivity contribution is 0.855. The quantitative estimate of drug-likeness (QED) is 0.608. The fourth-order valence-corrected chi connectivity index (χ4v) is 1.92. The highest BCUT2D eigenvalue weighted by Crippen LogP contribution is 2.33. The van der Waals surface area contributed by atoms with E-state index < -0.39 is 0 Å². The summed E-state index contributed by atoms with van der Waals surface area (Å²) in [5.74, 6) is 0.481. The molecule has 1 atom stereocenters. The smallest absolute Gasteiger partial charge is 0.00618 e. The molecule has 1 aliphatic rings. The molecule has 0 radical (unpaired) electrons. The van der Waals surface area contributed by atoms with Gasteiger partial charge in [0.15, 0.2) is 0 Å². The van der Waals surface area contributed by atoms with E-state index in [0.29, 0.717) is 5.92 Å². The lowest BCUT2D eigenvalue weighted by atomic mass is 9.84. The molecular formula is C14H14. The van der Waals surface area contributed by atoms with E-state index in [-0.39, 0.29) is 0 Å². The molecule has 0 spiro atoms. The summed E-state index contributed by atoms with van der Waals surface area (Å²) in [6.45, 7) is 7.83. The monoisotopic (exact) mass is 182 g/mol. The summed E-state index contributed by atoms with van der Waals surface area (Å²) in [4.78, 5) is 0. The van der Waals surface area contributed by atoms with Crippen LogP contribution in [-0.4, -0.2) is 0 Å². The first-order valence-corrected chi connectivity index (χ1v) is 4.90. The highest BCUT2D eigenvalue weighted by atomic mass is 14.2. The third kappa shape index (κ3) is 1.44. The maximum Gasteiger partial charge on any atom is 0.00618 e. The molecule has 0 nitrogen and oxygen atoms in total. The molecule has 0 aromatic heterocycles. The summed E-state index contributed by atoms with van der Waals surface area (Å²) < 4.78 is 0. The van der Waals surface area contributed by atoms with Crippen LogP contribution in [0.5, 0.6) is 0 Å². The molecule has 0 saturated heterocycles. The van der Waals surface area contributed by atoms with Crippen LogP contribution in [0.25, 0.3) is 5.57 Å². The minimum absolute atomic E-state index is 0.481. The molecular weight excluding hydrogens is 168 g/mol. The van der Waals surface area contributed by atoms with E-state index in [2.05, 4.69) is 49.6 Å². The third-order valence-electron chi connectivity index (χ3n) is 2.66. The molecule has 14 heavy (non-hydrogen) atoms. The Morgan fingerprint density at radius 2 is 2.07 bits per heavy atom. The van der Waals surface area contributed by atoms with Crippen molar-refractivity contribution in [3.05, 3.63) is 66.8 Å². The molecule has 0 aliphatic heterocycles. The van der Waals surface area contributed by atoms with E-state index >= 15 is 0 Å². The molecule has 0 bridgehead atoms. The van der Waals surface area contributed by atoms with Gasteiger partial charge in [-0.15, -0.1) is 6.58 Å². The zero-order chi connectivity index (χ0) is 9.97. The van der Waals surface area contributed by atoms with Gasteiger partial charge in [-0.1, -0.05) is 49.1 Å². The summed E-state index contributed by atoms with van der Waals surface area (Å²) in [7, 11) is 0. The van der Waals surface area contributed by atoms with Crippen LogP contribution in [0.4, 0.5) is 0 Å². The highest BCUT2D eigenvalue weighted by Gasteiger charge is 2.15. The number of allylic oxidation sites excluding steroid dienone is 4. The number of fused-ring (bicyclic) bond motifs is 1. The van der Waals surface area contributed by atoms with E-state index in [9.17, 15) is 0 Å². The van der Waals surface area contributed by atoms with Crippen LogP contribution in [-0.2, 0) is 0 Å². The van der Waals surface area contributed by atoms with Gasteiger partial charge in [-0.05, 0) is 23.1 Å². The summed E-state index contributed by atoms with van der Waals surface area (Å²) in [6.07, 6.45) is 7.30. The Hall–Kier alpha value is -1.56. The predicted octanol–water partition coefficient (Wildman–Crippen LogP) is 3.93. The summed E-state index contributed by atoms with van der Waals surface area (Å²) in [5.41, 5.74) is 3.77. The maximum atomic E-state index is 4.04. The zero-order valence-corrected chi connectivity index (χ0v) is 8.24. The lowest BCUT2D eigenvalue weighted by Crippen LogP contribution is -2.02. The zero-order valence-electron chi connectivity index (χ0n) is 8.24. The van der Waals surface area contributed by atoms with Gasteiger partial charge in [0.2, 0.25) is 0 Å². The SMILES string of the molecule is C=CCC1C=CC(=C)c2ccccc21. The second kappa shape index (κ2) is 3.67. The number of benzene rings is 1.